The van der Waals surface area contributed by atoms with E-state index in [-0.39, 0.29) is 0 Å². The summed E-state index contributed by atoms with van der Waals surface area (Å²) >= 11 is 0. The van der Waals surface area contributed by atoms with Crippen LogP contribution in [-0.2, 0) is 4.79 Å². The Bertz CT molecular complexity index is 613. The Morgan fingerprint density at radius 2 is 1.81 bits per heavy atom. The molecule has 0 aromatic carbocycles. The van der Waals surface area contributed by atoms with E-state index in [1.165, 1.54) is 19.8 Å². The number of hydrogen-bond donors (Lipinski definition) is 2. The van der Waals surface area contributed by atoms with E-state index in [4.69, 9.17) is 5.26 Å². The van der Waals surface area contributed by atoms with Gasteiger partial charge in [-0.2, -0.15) is 5.26 Å². The highest BCUT2D eigenvalue weighted by molar-refractivity contribution is 5.88. The Hall–Kier alpha value is -1.91. The molecule has 0 unspecified atom stereocenters. The second kappa shape index (κ2) is 6.67. The van der Waals surface area contributed by atoms with Crippen molar-refractivity contribution in [2.45, 2.75) is 75.8 Å². The number of carbonyl (C=O) groups excluding carboxylic acids is 2. The number of hydrogen-bond acceptors (Lipinski definition) is 3. The van der Waals surface area contributed by atoms with Gasteiger partial charge < -0.3 is 15.5 Å². The summed E-state index contributed by atoms with van der Waals surface area (Å²) in [7, 11) is 0. The molecule has 0 radical (unpaired) electrons. The number of urea groups is 1. The molecular formula is C18H26F2N4O2. The molecule has 144 valence electrons. The summed E-state index contributed by atoms with van der Waals surface area (Å²) in [6, 6.07) is 0.181. The van der Waals surface area contributed by atoms with Gasteiger partial charge in [0.15, 0.2) is 0 Å². The van der Waals surface area contributed by atoms with Gasteiger partial charge in [0, 0.05) is 25.9 Å². The summed E-state index contributed by atoms with van der Waals surface area (Å²) in [5.41, 5.74) is -0.557. The molecule has 0 aromatic heterocycles. The number of alkyl halides is 2. The molecule has 3 aliphatic rings. The maximum atomic E-state index is 13.9. The standard InChI is InChI=1S/C18H26F2N4O2/c1-2-18(19,20)11-13(14(25)23-17(12-21)5-6-17)22-15(26)24-9-7-16(3-4-16)8-10-24/h13H,2-11H2,1H3,(H,22,26)(H,23,25)/t13-/m0/s1. The van der Waals surface area contributed by atoms with Crippen LogP contribution >= 0.6 is 0 Å². The highest BCUT2D eigenvalue weighted by atomic mass is 19.3. The van der Waals surface area contributed by atoms with Crippen LogP contribution in [0.3, 0.4) is 0 Å². The molecule has 3 amide bonds. The molecule has 1 spiro atoms. The average Bonchev–Trinajstić information content (AvgIpc) is 3.53. The molecule has 1 atom stereocenters. The zero-order valence-corrected chi connectivity index (χ0v) is 15.1. The summed E-state index contributed by atoms with van der Waals surface area (Å²) in [6.07, 6.45) is 4.10. The molecule has 8 heteroatoms. The first-order chi connectivity index (χ1) is 12.2. The van der Waals surface area contributed by atoms with Crippen LogP contribution in [0.4, 0.5) is 13.6 Å². The van der Waals surface area contributed by atoms with Gasteiger partial charge in [-0.3, -0.25) is 4.79 Å². The number of nitriles is 1. The van der Waals surface area contributed by atoms with Crippen LogP contribution in [0.15, 0.2) is 0 Å². The van der Waals surface area contributed by atoms with Gasteiger partial charge in [0.05, 0.1) is 6.07 Å². The number of nitrogens with one attached hydrogen (secondary N) is 2. The van der Waals surface area contributed by atoms with Crippen LogP contribution in [0.1, 0.15) is 58.3 Å². The molecule has 1 heterocycles. The lowest BCUT2D eigenvalue weighted by Gasteiger charge is -2.33. The summed E-state index contributed by atoms with van der Waals surface area (Å²) in [4.78, 5) is 26.6. The molecule has 2 N–H and O–H groups in total. The minimum Gasteiger partial charge on any atom is -0.336 e. The van der Waals surface area contributed by atoms with Crippen LogP contribution in [0.5, 0.6) is 0 Å². The number of amides is 3. The molecule has 3 rings (SSSR count). The summed E-state index contributed by atoms with van der Waals surface area (Å²) in [6.45, 7) is 2.52. The van der Waals surface area contributed by atoms with Crippen molar-refractivity contribution < 1.29 is 18.4 Å². The van der Waals surface area contributed by atoms with E-state index in [1.54, 1.807) is 4.90 Å². The molecule has 26 heavy (non-hydrogen) atoms. The minimum absolute atomic E-state index is 0.397. The van der Waals surface area contributed by atoms with Crippen LogP contribution in [-0.4, -0.2) is 47.4 Å². The fourth-order valence-electron chi connectivity index (χ4n) is 3.47. The molecule has 0 aromatic rings. The summed E-state index contributed by atoms with van der Waals surface area (Å²) < 4.78 is 27.8. The quantitative estimate of drug-likeness (QED) is 0.755. The number of nitrogens with zero attached hydrogens (tertiary/aromatic N) is 2. The van der Waals surface area contributed by atoms with E-state index >= 15 is 0 Å². The average molecular weight is 368 g/mol. The fourth-order valence-corrected chi connectivity index (χ4v) is 3.47. The fraction of sp³-hybridized carbons (Fsp3) is 0.833. The van der Waals surface area contributed by atoms with E-state index in [0.29, 0.717) is 31.3 Å². The highest BCUT2D eigenvalue weighted by Crippen LogP contribution is 2.53. The predicted molar refractivity (Wildman–Crippen MR) is 90.4 cm³/mol. The number of halogens is 2. The Labute approximate surface area is 152 Å². The molecule has 1 saturated heterocycles. The van der Waals surface area contributed by atoms with Crippen LogP contribution < -0.4 is 10.6 Å². The zero-order valence-electron chi connectivity index (χ0n) is 15.1. The first-order valence-electron chi connectivity index (χ1n) is 9.39. The van der Waals surface area contributed by atoms with Gasteiger partial charge in [-0.15, -0.1) is 0 Å². The van der Waals surface area contributed by atoms with Gasteiger partial charge in [-0.05, 0) is 43.9 Å². The van der Waals surface area contributed by atoms with Crippen molar-refractivity contribution in [2.24, 2.45) is 5.41 Å². The molecule has 2 aliphatic carbocycles. The van der Waals surface area contributed by atoms with Crippen molar-refractivity contribution in [2.75, 3.05) is 13.1 Å². The van der Waals surface area contributed by atoms with Crippen LogP contribution in [0, 0.1) is 16.7 Å². The first kappa shape index (κ1) is 18.9. The molecule has 1 aliphatic heterocycles. The SMILES string of the molecule is CCC(F)(F)C[C@H](NC(=O)N1CCC2(CC1)CC2)C(=O)NC1(C#N)CC1. The van der Waals surface area contributed by atoms with Crippen molar-refractivity contribution >= 4 is 11.9 Å². The number of carbonyl (C=O) groups is 2. The second-order valence-electron chi connectivity index (χ2n) is 8.09. The Kier molecular flexibility index (Phi) is 4.84. The first-order valence-corrected chi connectivity index (χ1v) is 9.39. The summed E-state index contributed by atoms with van der Waals surface area (Å²) in [5, 5.41) is 14.1. The third kappa shape index (κ3) is 4.25. The monoisotopic (exact) mass is 368 g/mol. The minimum atomic E-state index is -3.06. The van der Waals surface area contributed by atoms with Gasteiger partial charge in [0.1, 0.15) is 11.6 Å². The predicted octanol–water partition coefficient (Wildman–Crippen LogP) is 2.55. The maximum Gasteiger partial charge on any atom is 0.318 e. The maximum absolute atomic E-state index is 13.9. The van der Waals surface area contributed by atoms with E-state index < -0.39 is 42.3 Å². The van der Waals surface area contributed by atoms with Gasteiger partial charge >= 0.3 is 6.03 Å². The summed E-state index contributed by atoms with van der Waals surface area (Å²) in [5.74, 6) is -3.76. The lowest BCUT2D eigenvalue weighted by molar-refractivity contribution is -0.126. The Morgan fingerprint density at radius 3 is 2.27 bits per heavy atom. The van der Waals surface area contributed by atoms with E-state index in [1.807, 2.05) is 6.07 Å². The van der Waals surface area contributed by atoms with E-state index in [9.17, 15) is 18.4 Å². The largest absolute Gasteiger partial charge is 0.336 e. The van der Waals surface area contributed by atoms with Gasteiger partial charge in [-0.1, -0.05) is 6.92 Å². The van der Waals surface area contributed by atoms with Gasteiger partial charge in [0.25, 0.3) is 0 Å². The lowest BCUT2D eigenvalue weighted by Crippen LogP contribution is -2.55. The Morgan fingerprint density at radius 1 is 1.19 bits per heavy atom. The smallest absolute Gasteiger partial charge is 0.318 e. The second-order valence-corrected chi connectivity index (χ2v) is 8.09. The number of piperidine rings is 1. The lowest BCUT2D eigenvalue weighted by atomic mass is 9.94. The molecular weight excluding hydrogens is 342 g/mol. The van der Waals surface area contributed by atoms with Crippen molar-refractivity contribution in [1.29, 1.82) is 5.26 Å². The molecule has 3 fully saturated rings. The highest BCUT2D eigenvalue weighted by Gasteiger charge is 2.48. The van der Waals surface area contributed by atoms with Crippen molar-refractivity contribution in [3.05, 3.63) is 0 Å². The van der Waals surface area contributed by atoms with E-state index in [2.05, 4.69) is 10.6 Å². The molecule has 6 nitrogen and oxygen atoms in total. The number of rotatable bonds is 6. The Balaban J connectivity index is 1.61. The van der Waals surface area contributed by atoms with Gasteiger partial charge in [0.2, 0.25) is 11.8 Å². The van der Waals surface area contributed by atoms with Crippen LogP contribution in [0.25, 0.3) is 0 Å². The van der Waals surface area contributed by atoms with E-state index in [0.717, 1.165) is 12.8 Å². The van der Waals surface area contributed by atoms with Crippen molar-refractivity contribution in [3.8, 4) is 6.07 Å². The van der Waals surface area contributed by atoms with Gasteiger partial charge in [-0.25, -0.2) is 13.6 Å². The third-order valence-electron chi connectivity index (χ3n) is 6.03. The molecule has 0 bridgehead atoms. The van der Waals surface area contributed by atoms with Crippen molar-refractivity contribution in [3.63, 3.8) is 0 Å². The normalized spacial score (nSPS) is 23.7. The molecule has 2 saturated carbocycles. The number of likely N-dealkylation sites (tertiary alicyclic amines) is 1. The zero-order chi connectivity index (χ0) is 19.0. The topological polar surface area (TPSA) is 85.2 Å². The third-order valence-corrected chi connectivity index (χ3v) is 6.03. The van der Waals surface area contributed by atoms with Crippen LogP contribution in [0.2, 0.25) is 0 Å². The van der Waals surface area contributed by atoms with Crippen molar-refractivity contribution in [1.82, 2.24) is 15.5 Å².